The van der Waals surface area contributed by atoms with E-state index < -0.39 is 0 Å². The van der Waals surface area contributed by atoms with Gasteiger partial charge in [-0.25, -0.2) is 0 Å². The van der Waals surface area contributed by atoms with Gasteiger partial charge in [-0.2, -0.15) is 0 Å². The molecular formula is C27H25ClN2O3. The molecule has 1 N–H and O–H groups in total. The lowest BCUT2D eigenvalue weighted by Gasteiger charge is -2.37. The molecule has 0 spiro atoms. The molecule has 0 aliphatic carbocycles. The van der Waals surface area contributed by atoms with E-state index >= 15 is 0 Å². The number of benzene rings is 4. The van der Waals surface area contributed by atoms with Gasteiger partial charge in [-0.15, -0.1) is 0 Å². The summed E-state index contributed by atoms with van der Waals surface area (Å²) in [5, 5.41) is 9.01. The van der Waals surface area contributed by atoms with Gasteiger partial charge in [0.15, 0.2) is 11.5 Å². The Kier molecular flexibility index (Phi) is 5.25. The molecule has 1 saturated heterocycles. The summed E-state index contributed by atoms with van der Waals surface area (Å²) >= 11 is 6.59. The van der Waals surface area contributed by atoms with Crippen molar-refractivity contribution in [2.45, 2.75) is 12.6 Å². The molecule has 1 atom stereocenters. The third-order valence-corrected chi connectivity index (χ3v) is 7.07. The van der Waals surface area contributed by atoms with Gasteiger partial charge in [0.05, 0.1) is 7.11 Å². The second-order valence-electron chi connectivity index (χ2n) is 8.59. The van der Waals surface area contributed by atoms with Gasteiger partial charge in [-0.05, 0) is 69.1 Å². The second kappa shape index (κ2) is 8.41. The topological polar surface area (TPSA) is 43.0 Å². The molecule has 6 heteroatoms. The van der Waals surface area contributed by atoms with Crippen LogP contribution in [-0.2, 0) is 6.54 Å². The molecule has 6 rings (SSSR count). The molecule has 0 bridgehead atoms. The Balaban J connectivity index is 1.48. The quantitative estimate of drug-likeness (QED) is 0.405. The van der Waals surface area contributed by atoms with Gasteiger partial charge in [0.2, 0.25) is 6.79 Å². The lowest BCUT2D eigenvalue weighted by Crippen LogP contribution is -2.45. The molecule has 1 fully saturated rings. The van der Waals surface area contributed by atoms with E-state index in [0.717, 1.165) is 64.6 Å². The van der Waals surface area contributed by atoms with E-state index in [1.165, 1.54) is 16.5 Å². The smallest absolute Gasteiger partial charge is 0.231 e. The molecule has 2 heterocycles. The minimum absolute atomic E-state index is 0.216. The summed E-state index contributed by atoms with van der Waals surface area (Å²) in [4.78, 5) is 2.52. The standard InChI is InChI=1S/C27H25ClN2O3/c1-31-19-6-7-20-18(10-17-11-26-27(33-16-32-26)13-22(17)23(20)12-19)15-30-9-8-29-14-25(30)21-4-2-3-5-24(21)28/h2-7,10-13,25,29H,8-9,14-16H2,1H3. The summed E-state index contributed by atoms with van der Waals surface area (Å²) < 4.78 is 16.9. The maximum atomic E-state index is 6.59. The Hall–Kier alpha value is -2.99. The molecule has 1 unspecified atom stereocenters. The Bertz CT molecular complexity index is 1360. The van der Waals surface area contributed by atoms with E-state index in [9.17, 15) is 0 Å². The minimum Gasteiger partial charge on any atom is -0.497 e. The fourth-order valence-corrected chi connectivity index (χ4v) is 5.33. The second-order valence-corrected chi connectivity index (χ2v) is 8.99. The van der Waals surface area contributed by atoms with E-state index in [-0.39, 0.29) is 12.8 Å². The number of fused-ring (bicyclic) bond motifs is 4. The van der Waals surface area contributed by atoms with Crippen LogP contribution >= 0.6 is 11.6 Å². The average molecular weight is 461 g/mol. The predicted octanol–water partition coefficient (Wildman–Crippen LogP) is 5.53. The van der Waals surface area contributed by atoms with Crippen LogP contribution in [0.15, 0.2) is 60.7 Å². The first-order chi connectivity index (χ1) is 16.2. The van der Waals surface area contributed by atoms with Crippen LogP contribution in [0.5, 0.6) is 17.2 Å². The van der Waals surface area contributed by atoms with Crippen LogP contribution in [0.3, 0.4) is 0 Å². The van der Waals surface area contributed by atoms with E-state index in [4.69, 9.17) is 25.8 Å². The molecule has 0 amide bonds. The number of hydrogen-bond donors (Lipinski definition) is 1. The average Bonchev–Trinajstić information content (AvgIpc) is 3.31. The van der Waals surface area contributed by atoms with Crippen molar-refractivity contribution in [2.75, 3.05) is 33.5 Å². The van der Waals surface area contributed by atoms with Crippen LogP contribution in [0.1, 0.15) is 17.2 Å². The molecular weight excluding hydrogens is 436 g/mol. The highest BCUT2D eigenvalue weighted by molar-refractivity contribution is 6.31. The summed E-state index contributed by atoms with van der Waals surface area (Å²) in [6.45, 7) is 3.87. The van der Waals surface area contributed by atoms with Gasteiger partial charge in [0, 0.05) is 37.2 Å². The van der Waals surface area contributed by atoms with Crippen LogP contribution in [0.4, 0.5) is 0 Å². The summed E-state index contributed by atoms with van der Waals surface area (Å²) in [5.41, 5.74) is 2.44. The van der Waals surface area contributed by atoms with Crippen LogP contribution in [-0.4, -0.2) is 38.4 Å². The highest BCUT2D eigenvalue weighted by atomic mass is 35.5. The highest BCUT2D eigenvalue weighted by Crippen LogP contribution is 2.41. The molecule has 33 heavy (non-hydrogen) atoms. The minimum atomic E-state index is 0.216. The summed E-state index contributed by atoms with van der Waals surface area (Å²) in [7, 11) is 1.71. The Labute approximate surface area is 197 Å². The fraction of sp³-hybridized carbons (Fsp3) is 0.259. The lowest BCUT2D eigenvalue weighted by atomic mass is 9.95. The highest BCUT2D eigenvalue weighted by Gasteiger charge is 2.26. The van der Waals surface area contributed by atoms with Gasteiger partial charge >= 0.3 is 0 Å². The number of methoxy groups -OCH3 is 1. The number of piperazine rings is 1. The van der Waals surface area contributed by atoms with Crippen molar-refractivity contribution in [3.05, 3.63) is 76.8 Å². The first-order valence-electron chi connectivity index (χ1n) is 11.2. The number of nitrogens with zero attached hydrogens (tertiary/aromatic N) is 1. The first-order valence-corrected chi connectivity index (χ1v) is 11.6. The molecule has 2 aliphatic rings. The normalized spacial score (nSPS) is 18.2. The van der Waals surface area contributed by atoms with Gasteiger partial charge in [0.25, 0.3) is 0 Å². The van der Waals surface area contributed by atoms with Gasteiger partial charge < -0.3 is 19.5 Å². The summed E-state index contributed by atoms with van der Waals surface area (Å²) in [6.07, 6.45) is 0. The van der Waals surface area contributed by atoms with Gasteiger partial charge in [-0.1, -0.05) is 35.9 Å². The molecule has 0 radical (unpaired) electrons. The zero-order valence-corrected chi connectivity index (χ0v) is 19.2. The lowest BCUT2D eigenvalue weighted by molar-refractivity contribution is 0.154. The maximum Gasteiger partial charge on any atom is 0.231 e. The van der Waals surface area contributed by atoms with E-state index in [0.29, 0.717) is 0 Å². The van der Waals surface area contributed by atoms with Crippen molar-refractivity contribution in [3.8, 4) is 17.2 Å². The largest absolute Gasteiger partial charge is 0.497 e. The molecule has 0 saturated carbocycles. The van der Waals surface area contributed by atoms with Crippen molar-refractivity contribution < 1.29 is 14.2 Å². The van der Waals surface area contributed by atoms with Crippen molar-refractivity contribution in [3.63, 3.8) is 0 Å². The molecule has 5 nitrogen and oxygen atoms in total. The molecule has 4 aromatic rings. The van der Waals surface area contributed by atoms with E-state index in [2.05, 4.69) is 52.7 Å². The summed E-state index contributed by atoms with van der Waals surface area (Å²) in [5.74, 6) is 2.43. The molecule has 4 aromatic carbocycles. The first kappa shape index (κ1) is 20.6. The molecule has 0 aromatic heterocycles. The van der Waals surface area contributed by atoms with E-state index in [1.807, 2.05) is 18.2 Å². The number of hydrogen-bond acceptors (Lipinski definition) is 5. The van der Waals surface area contributed by atoms with Crippen LogP contribution in [0.25, 0.3) is 21.5 Å². The summed E-state index contributed by atoms with van der Waals surface area (Å²) in [6, 6.07) is 21.2. The predicted molar refractivity (Wildman–Crippen MR) is 132 cm³/mol. The van der Waals surface area contributed by atoms with Crippen molar-refractivity contribution in [1.29, 1.82) is 0 Å². The van der Waals surface area contributed by atoms with Gasteiger partial charge in [-0.3, -0.25) is 4.90 Å². The number of ether oxygens (including phenoxy) is 3. The third-order valence-electron chi connectivity index (χ3n) is 6.73. The molecule has 168 valence electrons. The van der Waals surface area contributed by atoms with E-state index in [1.54, 1.807) is 7.11 Å². The van der Waals surface area contributed by atoms with Crippen molar-refractivity contribution in [1.82, 2.24) is 10.2 Å². The monoisotopic (exact) mass is 460 g/mol. The third kappa shape index (κ3) is 3.66. The van der Waals surface area contributed by atoms with Crippen LogP contribution in [0, 0.1) is 0 Å². The maximum absolute atomic E-state index is 6.59. The van der Waals surface area contributed by atoms with Crippen molar-refractivity contribution >= 4 is 33.1 Å². The zero-order chi connectivity index (χ0) is 22.4. The fourth-order valence-electron chi connectivity index (χ4n) is 5.07. The van der Waals surface area contributed by atoms with Gasteiger partial charge in [0.1, 0.15) is 5.75 Å². The zero-order valence-electron chi connectivity index (χ0n) is 18.4. The van der Waals surface area contributed by atoms with Crippen LogP contribution in [0.2, 0.25) is 5.02 Å². The number of rotatable bonds is 4. The Morgan fingerprint density at radius 2 is 1.85 bits per heavy atom. The SMILES string of the molecule is COc1ccc2c(CN3CCNCC3c3ccccc3Cl)cc3cc4c(cc3c2c1)OCO4. The Morgan fingerprint density at radius 3 is 2.70 bits per heavy atom. The van der Waals surface area contributed by atoms with Crippen LogP contribution < -0.4 is 19.5 Å². The Morgan fingerprint density at radius 1 is 1.00 bits per heavy atom. The number of halogens is 1. The number of nitrogens with one attached hydrogen (secondary N) is 1. The molecule has 2 aliphatic heterocycles. The van der Waals surface area contributed by atoms with Crippen molar-refractivity contribution in [2.24, 2.45) is 0 Å².